The van der Waals surface area contributed by atoms with E-state index in [1.165, 1.54) is 0 Å². The number of rotatable bonds is 5. The van der Waals surface area contributed by atoms with E-state index in [0.717, 1.165) is 44.1 Å². The number of aliphatic imine (C=N–C) groups is 1. The highest BCUT2D eigenvalue weighted by Gasteiger charge is 2.29. The molecule has 1 fully saturated rings. The number of nitrogens with one attached hydrogen (secondary N) is 2. The molecule has 0 saturated carbocycles. The summed E-state index contributed by atoms with van der Waals surface area (Å²) in [5.41, 5.74) is 1.04. The third-order valence-corrected chi connectivity index (χ3v) is 3.45. The molecule has 1 saturated heterocycles. The first-order chi connectivity index (χ1) is 9.61. The van der Waals surface area contributed by atoms with Gasteiger partial charge in [-0.3, -0.25) is 4.68 Å². The molecule has 1 unspecified atom stereocenters. The van der Waals surface area contributed by atoms with Crippen molar-refractivity contribution in [2.75, 3.05) is 19.7 Å². The number of guanidine groups is 1. The van der Waals surface area contributed by atoms with Crippen LogP contribution in [0, 0.1) is 0 Å². The lowest BCUT2D eigenvalue weighted by molar-refractivity contribution is 0.0243. The van der Waals surface area contributed by atoms with Crippen molar-refractivity contribution in [1.29, 1.82) is 0 Å². The first-order valence-electron chi connectivity index (χ1n) is 7.25. The Morgan fingerprint density at radius 3 is 3.00 bits per heavy atom. The molecule has 1 atom stereocenters. The fourth-order valence-corrected chi connectivity index (χ4v) is 2.31. The Balaban J connectivity index is 1.88. The summed E-state index contributed by atoms with van der Waals surface area (Å²) < 4.78 is 7.57. The third kappa shape index (κ3) is 4.23. The van der Waals surface area contributed by atoms with E-state index in [9.17, 15) is 0 Å². The van der Waals surface area contributed by atoms with E-state index in [1.807, 2.05) is 19.4 Å². The van der Waals surface area contributed by atoms with Crippen LogP contribution in [0.5, 0.6) is 0 Å². The molecule has 1 aromatic heterocycles. The monoisotopic (exact) mass is 279 g/mol. The van der Waals surface area contributed by atoms with Crippen LogP contribution in [0.4, 0.5) is 0 Å². The zero-order valence-electron chi connectivity index (χ0n) is 12.6. The van der Waals surface area contributed by atoms with Gasteiger partial charge in [0.05, 0.1) is 18.3 Å². The second-order valence-corrected chi connectivity index (χ2v) is 5.47. The zero-order valence-corrected chi connectivity index (χ0v) is 12.6. The fourth-order valence-electron chi connectivity index (χ4n) is 2.31. The van der Waals surface area contributed by atoms with Crippen molar-refractivity contribution < 1.29 is 4.74 Å². The average Bonchev–Trinajstić information content (AvgIpc) is 3.03. The quantitative estimate of drug-likeness (QED) is 0.624. The summed E-state index contributed by atoms with van der Waals surface area (Å²) in [5.74, 6) is 0.827. The van der Waals surface area contributed by atoms with Gasteiger partial charge in [-0.15, -0.1) is 0 Å². The van der Waals surface area contributed by atoms with E-state index in [0.29, 0.717) is 6.54 Å². The Bertz CT molecular complexity index is 448. The molecule has 2 rings (SSSR count). The van der Waals surface area contributed by atoms with Gasteiger partial charge in [0.25, 0.3) is 0 Å². The number of aromatic nitrogens is 2. The topological polar surface area (TPSA) is 63.5 Å². The molecule has 2 N–H and O–H groups in total. The molecule has 20 heavy (non-hydrogen) atoms. The second-order valence-electron chi connectivity index (χ2n) is 5.47. The van der Waals surface area contributed by atoms with Gasteiger partial charge in [0.1, 0.15) is 0 Å². The highest BCUT2D eigenvalue weighted by Crippen LogP contribution is 2.23. The first-order valence-corrected chi connectivity index (χ1v) is 7.25. The minimum Gasteiger partial charge on any atom is -0.373 e. The lowest BCUT2D eigenvalue weighted by Gasteiger charge is -2.24. The summed E-state index contributed by atoms with van der Waals surface area (Å²) in [7, 11) is 1.91. The van der Waals surface area contributed by atoms with Gasteiger partial charge in [0, 0.05) is 38.5 Å². The highest BCUT2D eigenvalue weighted by molar-refractivity contribution is 5.79. The molecule has 2 heterocycles. The average molecular weight is 279 g/mol. The highest BCUT2D eigenvalue weighted by atomic mass is 16.5. The predicted octanol–water partition coefficient (Wildman–Crippen LogP) is 1.04. The molecule has 112 valence electrons. The van der Waals surface area contributed by atoms with Crippen molar-refractivity contribution in [3.05, 3.63) is 18.0 Å². The molecule has 0 spiro atoms. The lowest BCUT2D eigenvalue weighted by Crippen LogP contribution is -2.45. The van der Waals surface area contributed by atoms with Gasteiger partial charge in [0.2, 0.25) is 0 Å². The fraction of sp³-hybridized carbons (Fsp3) is 0.714. The van der Waals surface area contributed by atoms with Crippen molar-refractivity contribution in [3.8, 4) is 0 Å². The SMILES string of the molecule is CCNC(=NCc1cnn(C)c1)NCC1(C)CCCO1. The van der Waals surface area contributed by atoms with E-state index in [1.54, 1.807) is 4.68 Å². The van der Waals surface area contributed by atoms with Crippen LogP contribution in [-0.2, 0) is 18.3 Å². The number of aryl methyl sites for hydroxylation is 1. The number of hydrogen-bond acceptors (Lipinski definition) is 3. The summed E-state index contributed by atoms with van der Waals surface area (Å²) in [5, 5.41) is 10.8. The first kappa shape index (κ1) is 14.8. The van der Waals surface area contributed by atoms with Gasteiger partial charge in [0.15, 0.2) is 5.96 Å². The predicted molar refractivity (Wildman–Crippen MR) is 79.6 cm³/mol. The van der Waals surface area contributed by atoms with Crippen LogP contribution in [0.1, 0.15) is 32.3 Å². The molecular weight excluding hydrogens is 254 g/mol. The molecule has 0 aliphatic carbocycles. The van der Waals surface area contributed by atoms with Gasteiger partial charge in [-0.1, -0.05) is 0 Å². The van der Waals surface area contributed by atoms with E-state index in [4.69, 9.17) is 4.74 Å². The summed E-state index contributed by atoms with van der Waals surface area (Å²) in [4.78, 5) is 4.57. The van der Waals surface area contributed by atoms with Gasteiger partial charge < -0.3 is 15.4 Å². The molecule has 1 aliphatic heterocycles. The van der Waals surface area contributed by atoms with Crippen LogP contribution >= 0.6 is 0 Å². The van der Waals surface area contributed by atoms with Crippen molar-refractivity contribution in [2.24, 2.45) is 12.0 Å². The second kappa shape index (κ2) is 6.74. The van der Waals surface area contributed by atoms with Crippen LogP contribution in [0.25, 0.3) is 0 Å². The molecule has 6 heteroatoms. The molecule has 0 bridgehead atoms. The number of ether oxygens (including phenoxy) is 1. The van der Waals surface area contributed by atoms with Gasteiger partial charge >= 0.3 is 0 Å². The maximum Gasteiger partial charge on any atom is 0.191 e. The van der Waals surface area contributed by atoms with Crippen molar-refractivity contribution in [3.63, 3.8) is 0 Å². The van der Waals surface area contributed by atoms with Crippen molar-refractivity contribution in [1.82, 2.24) is 20.4 Å². The molecule has 1 aliphatic rings. The van der Waals surface area contributed by atoms with Crippen molar-refractivity contribution in [2.45, 2.75) is 38.8 Å². The molecule has 1 aromatic rings. The zero-order chi connectivity index (χ0) is 14.4. The molecule has 6 nitrogen and oxygen atoms in total. The summed E-state index contributed by atoms with van der Waals surface area (Å²) >= 11 is 0. The summed E-state index contributed by atoms with van der Waals surface area (Å²) in [6.07, 6.45) is 6.06. The van der Waals surface area contributed by atoms with Crippen LogP contribution < -0.4 is 10.6 Å². The maximum absolute atomic E-state index is 5.78. The molecular formula is C14H25N5O. The molecule has 0 aromatic carbocycles. The Morgan fingerprint density at radius 2 is 2.40 bits per heavy atom. The van der Waals surface area contributed by atoms with Crippen molar-refractivity contribution >= 4 is 5.96 Å². The Labute approximate surface area is 120 Å². The van der Waals surface area contributed by atoms with Gasteiger partial charge in [-0.05, 0) is 26.7 Å². The number of nitrogens with zero attached hydrogens (tertiary/aromatic N) is 3. The largest absolute Gasteiger partial charge is 0.373 e. The maximum atomic E-state index is 5.78. The summed E-state index contributed by atoms with van der Waals surface area (Å²) in [6.45, 7) is 7.33. The van der Waals surface area contributed by atoms with Crippen LogP contribution in [0.3, 0.4) is 0 Å². The van der Waals surface area contributed by atoms with E-state index < -0.39 is 0 Å². The van der Waals surface area contributed by atoms with E-state index in [-0.39, 0.29) is 5.60 Å². The van der Waals surface area contributed by atoms with Crippen LogP contribution in [0.15, 0.2) is 17.4 Å². The molecule has 0 radical (unpaired) electrons. The normalized spacial score (nSPS) is 23.1. The minimum absolute atomic E-state index is 0.0650. The van der Waals surface area contributed by atoms with E-state index in [2.05, 4.69) is 34.6 Å². The Morgan fingerprint density at radius 1 is 1.55 bits per heavy atom. The smallest absolute Gasteiger partial charge is 0.191 e. The molecule has 0 amide bonds. The Hall–Kier alpha value is -1.56. The third-order valence-electron chi connectivity index (χ3n) is 3.45. The Kier molecular flexibility index (Phi) is 5.00. The van der Waals surface area contributed by atoms with E-state index >= 15 is 0 Å². The van der Waals surface area contributed by atoms with Gasteiger partial charge in [-0.2, -0.15) is 5.10 Å². The van der Waals surface area contributed by atoms with Gasteiger partial charge in [-0.25, -0.2) is 4.99 Å². The summed E-state index contributed by atoms with van der Waals surface area (Å²) in [6, 6.07) is 0. The number of hydrogen-bond donors (Lipinski definition) is 2. The van der Waals surface area contributed by atoms with Crippen LogP contribution in [-0.4, -0.2) is 41.0 Å². The minimum atomic E-state index is -0.0650. The van der Waals surface area contributed by atoms with Crippen LogP contribution in [0.2, 0.25) is 0 Å². The standard InChI is InChI=1S/C14H25N5O/c1-4-15-13(16-8-12-9-18-19(3)10-12)17-11-14(2)6-5-7-20-14/h9-10H,4-8,11H2,1-3H3,(H2,15,16,17). The lowest BCUT2D eigenvalue weighted by atomic mass is 10.0.